The van der Waals surface area contributed by atoms with Gasteiger partial charge in [0.15, 0.2) is 0 Å². The number of amides is 1. The van der Waals surface area contributed by atoms with Crippen molar-refractivity contribution in [2.24, 2.45) is 5.41 Å². The van der Waals surface area contributed by atoms with E-state index in [1.165, 1.54) is 12.8 Å². The first-order valence-electron chi connectivity index (χ1n) is 7.36. The van der Waals surface area contributed by atoms with Crippen LogP contribution in [0, 0.1) is 5.41 Å². The van der Waals surface area contributed by atoms with Crippen molar-refractivity contribution in [2.45, 2.75) is 50.9 Å². The fourth-order valence-corrected chi connectivity index (χ4v) is 3.19. The van der Waals surface area contributed by atoms with E-state index in [4.69, 9.17) is 11.6 Å². The molecule has 1 aliphatic carbocycles. The van der Waals surface area contributed by atoms with E-state index in [1.807, 2.05) is 42.3 Å². The number of halogens is 1. The highest BCUT2D eigenvalue weighted by Gasteiger charge is 2.32. The topological polar surface area (TPSA) is 20.3 Å². The van der Waals surface area contributed by atoms with Gasteiger partial charge in [0.05, 0.1) is 0 Å². The van der Waals surface area contributed by atoms with E-state index in [2.05, 4.69) is 13.8 Å². The molecule has 2 nitrogen and oxygen atoms in total. The number of hydrogen-bond acceptors (Lipinski definition) is 1. The zero-order valence-electron chi connectivity index (χ0n) is 12.6. The standard InChI is InChI=1S/C17H24ClNO/c1-17(2)11-9-14(10-12-17)19(3)16(20)15(18)13-7-5-4-6-8-13/h4-8,14-15H,9-12H2,1-3H3. The van der Waals surface area contributed by atoms with Crippen molar-refractivity contribution in [3.8, 4) is 0 Å². The Labute approximate surface area is 127 Å². The summed E-state index contributed by atoms with van der Waals surface area (Å²) >= 11 is 6.34. The van der Waals surface area contributed by atoms with E-state index in [0.717, 1.165) is 18.4 Å². The maximum atomic E-state index is 12.5. The molecule has 1 unspecified atom stereocenters. The number of alkyl halides is 1. The van der Waals surface area contributed by atoms with Crippen LogP contribution in [0.2, 0.25) is 0 Å². The van der Waals surface area contributed by atoms with Crippen molar-refractivity contribution in [1.29, 1.82) is 0 Å². The van der Waals surface area contributed by atoms with Gasteiger partial charge >= 0.3 is 0 Å². The van der Waals surface area contributed by atoms with Gasteiger partial charge in [0, 0.05) is 13.1 Å². The number of rotatable bonds is 3. The summed E-state index contributed by atoms with van der Waals surface area (Å²) in [5.41, 5.74) is 1.29. The summed E-state index contributed by atoms with van der Waals surface area (Å²) in [5.74, 6) is 0.0163. The lowest BCUT2D eigenvalue weighted by Crippen LogP contribution is -2.42. The molecule has 110 valence electrons. The van der Waals surface area contributed by atoms with Gasteiger partial charge in [-0.05, 0) is 36.7 Å². The number of nitrogens with zero attached hydrogens (tertiary/aromatic N) is 1. The van der Waals surface area contributed by atoms with Gasteiger partial charge in [0.1, 0.15) is 5.38 Å². The van der Waals surface area contributed by atoms with Crippen LogP contribution in [0.15, 0.2) is 30.3 Å². The molecule has 0 aliphatic heterocycles. The third-order valence-corrected chi connectivity index (χ3v) is 4.95. The number of hydrogen-bond donors (Lipinski definition) is 0. The molecule has 1 saturated carbocycles. The Morgan fingerprint density at radius 3 is 2.35 bits per heavy atom. The molecule has 1 aromatic carbocycles. The second-order valence-electron chi connectivity index (χ2n) is 6.62. The van der Waals surface area contributed by atoms with Crippen LogP contribution in [0.1, 0.15) is 50.5 Å². The Hall–Kier alpha value is -1.02. The van der Waals surface area contributed by atoms with Gasteiger partial charge < -0.3 is 4.90 Å². The minimum atomic E-state index is -0.573. The molecule has 1 aliphatic rings. The average molecular weight is 294 g/mol. The summed E-state index contributed by atoms with van der Waals surface area (Å²) < 4.78 is 0. The molecule has 0 heterocycles. The van der Waals surface area contributed by atoms with E-state index >= 15 is 0 Å². The summed E-state index contributed by atoms with van der Waals surface area (Å²) in [6, 6.07) is 9.92. The monoisotopic (exact) mass is 293 g/mol. The highest BCUT2D eigenvalue weighted by Crippen LogP contribution is 2.37. The van der Waals surface area contributed by atoms with Crippen molar-refractivity contribution in [1.82, 2.24) is 4.90 Å². The first-order chi connectivity index (χ1) is 9.41. The molecule has 1 fully saturated rings. The van der Waals surface area contributed by atoms with Crippen LogP contribution in [-0.4, -0.2) is 23.9 Å². The highest BCUT2D eigenvalue weighted by atomic mass is 35.5. The van der Waals surface area contributed by atoms with Gasteiger partial charge in [-0.1, -0.05) is 44.2 Å². The van der Waals surface area contributed by atoms with Crippen molar-refractivity contribution < 1.29 is 4.79 Å². The Bertz CT molecular complexity index is 447. The quantitative estimate of drug-likeness (QED) is 0.757. The smallest absolute Gasteiger partial charge is 0.245 e. The predicted molar refractivity (Wildman–Crippen MR) is 83.8 cm³/mol. The summed E-state index contributed by atoms with van der Waals surface area (Å²) in [7, 11) is 1.89. The fraction of sp³-hybridized carbons (Fsp3) is 0.588. The fourth-order valence-electron chi connectivity index (χ4n) is 2.89. The van der Waals surface area contributed by atoms with Gasteiger partial charge in [-0.2, -0.15) is 0 Å². The van der Waals surface area contributed by atoms with E-state index < -0.39 is 5.38 Å². The van der Waals surface area contributed by atoms with Crippen LogP contribution in [0.3, 0.4) is 0 Å². The lowest BCUT2D eigenvalue weighted by Gasteiger charge is -2.39. The number of likely N-dealkylation sites (N-methyl/N-ethyl adjacent to an activating group) is 1. The second kappa shape index (κ2) is 6.17. The third-order valence-electron chi connectivity index (χ3n) is 4.51. The van der Waals surface area contributed by atoms with Crippen LogP contribution in [0.5, 0.6) is 0 Å². The molecule has 0 saturated heterocycles. The molecule has 0 bridgehead atoms. The Morgan fingerprint density at radius 2 is 1.80 bits per heavy atom. The van der Waals surface area contributed by atoms with Gasteiger partial charge in [-0.15, -0.1) is 11.6 Å². The number of carbonyl (C=O) groups is 1. The third kappa shape index (κ3) is 3.54. The maximum Gasteiger partial charge on any atom is 0.245 e. The molecule has 0 radical (unpaired) electrons. The summed E-state index contributed by atoms with van der Waals surface area (Å²) in [6.07, 6.45) is 4.50. The lowest BCUT2D eigenvalue weighted by molar-refractivity contribution is -0.132. The van der Waals surface area contributed by atoms with Crippen LogP contribution in [0.25, 0.3) is 0 Å². The van der Waals surface area contributed by atoms with Gasteiger partial charge in [-0.3, -0.25) is 4.79 Å². The molecule has 2 rings (SSSR count). The van der Waals surface area contributed by atoms with Crippen molar-refractivity contribution in [2.75, 3.05) is 7.05 Å². The minimum absolute atomic E-state index is 0.0163. The van der Waals surface area contributed by atoms with Gasteiger partial charge in [-0.25, -0.2) is 0 Å². The van der Waals surface area contributed by atoms with E-state index in [0.29, 0.717) is 11.5 Å². The van der Waals surface area contributed by atoms with Gasteiger partial charge in [0.25, 0.3) is 0 Å². The van der Waals surface area contributed by atoms with Gasteiger partial charge in [0.2, 0.25) is 5.91 Å². The molecule has 1 aromatic rings. The average Bonchev–Trinajstić information content (AvgIpc) is 2.46. The van der Waals surface area contributed by atoms with E-state index in [9.17, 15) is 4.79 Å². The molecule has 1 amide bonds. The molecular weight excluding hydrogens is 270 g/mol. The van der Waals surface area contributed by atoms with Crippen molar-refractivity contribution in [3.05, 3.63) is 35.9 Å². The molecular formula is C17H24ClNO. The Balaban J connectivity index is 1.99. The highest BCUT2D eigenvalue weighted by molar-refractivity contribution is 6.30. The lowest BCUT2D eigenvalue weighted by atomic mass is 9.75. The van der Waals surface area contributed by atoms with Crippen molar-refractivity contribution >= 4 is 17.5 Å². The van der Waals surface area contributed by atoms with Crippen LogP contribution in [0.4, 0.5) is 0 Å². The molecule has 0 spiro atoms. The summed E-state index contributed by atoms with van der Waals surface area (Å²) in [6.45, 7) is 4.61. The molecule has 0 aromatic heterocycles. The van der Waals surface area contributed by atoms with E-state index in [-0.39, 0.29) is 5.91 Å². The molecule has 20 heavy (non-hydrogen) atoms. The zero-order valence-corrected chi connectivity index (χ0v) is 13.4. The molecule has 3 heteroatoms. The normalized spacial score (nSPS) is 20.4. The molecule has 0 N–H and O–H groups in total. The zero-order chi connectivity index (χ0) is 14.8. The Morgan fingerprint density at radius 1 is 1.25 bits per heavy atom. The Kier molecular flexibility index (Phi) is 4.74. The SMILES string of the molecule is CN(C(=O)C(Cl)c1ccccc1)C1CCC(C)(C)CC1. The maximum absolute atomic E-state index is 12.5. The van der Waals surface area contributed by atoms with Crippen molar-refractivity contribution in [3.63, 3.8) is 0 Å². The van der Waals surface area contributed by atoms with Crippen LogP contribution >= 0.6 is 11.6 Å². The van der Waals surface area contributed by atoms with E-state index in [1.54, 1.807) is 0 Å². The first kappa shape index (κ1) is 15.4. The van der Waals surface area contributed by atoms with Crippen LogP contribution in [-0.2, 0) is 4.79 Å². The number of carbonyl (C=O) groups excluding carboxylic acids is 1. The predicted octanol–water partition coefficient (Wildman–Crippen LogP) is 4.39. The largest absolute Gasteiger partial charge is 0.341 e. The first-order valence-corrected chi connectivity index (χ1v) is 7.80. The second-order valence-corrected chi connectivity index (χ2v) is 7.05. The molecule has 1 atom stereocenters. The van der Waals surface area contributed by atoms with Crippen LogP contribution < -0.4 is 0 Å². The minimum Gasteiger partial charge on any atom is -0.341 e. The summed E-state index contributed by atoms with van der Waals surface area (Å²) in [5, 5.41) is -0.573. The number of benzene rings is 1. The summed E-state index contributed by atoms with van der Waals surface area (Å²) in [4.78, 5) is 14.4.